The number of hydrogen-bond donors (Lipinski definition) is 3. The van der Waals surface area contributed by atoms with Gasteiger partial charge in [-0.2, -0.15) is 5.10 Å². The van der Waals surface area contributed by atoms with E-state index in [1.54, 1.807) is 12.1 Å². The lowest BCUT2D eigenvalue weighted by molar-refractivity contribution is -0.136. The highest BCUT2D eigenvalue weighted by Gasteiger charge is 2.46. The van der Waals surface area contributed by atoms with Crippen molar-refractivity contribution in [2.75, 3.05) is 51.6 Å². The number of aryl methyl sites for hydroxylation is 4. The Morgan fingerprint density at radius 3 is 2.35 bits per heavy atom. The molecular weight excluding hydrogens is 851 g/mol. The van der Waals surface area contributed by atoms with Gasteiger partial charge in [-0.3, -0.25) is 34.2 Å². The summed E-state index contributed by atoms with van der Waals surface area (Å²) in [7, 11) is 0. The van der Waals surface area contributed by atoms with Crippen molar-refractivity contribution in [3.8, 4) is 16.9 Å². The van der Waals surface area contributed by atoms with E-state index >= 15 is 0 Å². The fourth-order valence-electron chi connectivity index (χ4n) is 8.59. The molecule has 9 rings (SSSR count). The number of rotatable bonds is 21. The van der Waals surface area contributed by atoms with Gasteiger partial charge in [-0.1, -0.05) is 11.2 Å². The highest BCUT2D eigenvalue weighted by molar-refractivity contribution is 6.24. The summed E-state index contributed by atoms with van der Waals surface area (Å²) in [6.07, 6.45) is 3.01. The number of nitrogens with zero attached hydrogens (tertiary/aromatic N) is 6. The molecule has 66 heavy (non-hydrogen) atoms. The summed E-state index contributed by atoms with van der Waals surface area (Å²) in [6, 6.07) is 9.89. The number of ether oxygens (including phenoxy) is 4. The second-order valence-corrected chi connectivity index (χ2v) is 16.7. The lowest BCUT2D eigenvalue weighted by atomic mass is 9.97. The minimum Gasteiger partial charge on any atom is -0.490 e. The van der Waals surface area contributed by atoms with Crippen LogP contribution in [0.3, 0.4) is 0 Å². The highest BCUT2D eigenvalue weighted by Crippen LogP contribution is 2.42. The maximum atomic E-state index is 13.6. The van der Waals surface area contributed by atoms with E-state index in [0.29, 0.717) is 56.8 Å². The summed E-state index contributed by atoms with van der Waals surface area (Å²) in [6.45, 7) is 10.5. The third-order valence-electron chi connectivity index (χ3n) is 12.0. The zero-order valence-corrected chi connectivity index (χ0v) is 37.3. The second-order valence-electron chi connectivity index (χ2n) is 16.7. The van der Waals surface area contributed by atoms with Crippen LogP contribution in [-0.2, 0) is 30.3 Å². The molecule has 3 aliphatic rings. The topological polar surface area (TPSA) is 235 Å². The molecule has 0 bridgehead atoms. The number of nitrogens with one attached hydrogen (secondary N) is 3. The van der Waals surface area contributed by atoms with Gasteiger partial charge >= 0.3 is 0 Å². The average Bonchev–Trinajstić information content (AvgIpc) is 3.75. The number of carbonyl (C=O) groups is 5. The number of aromatic amines is 1. The van der Waals surface area contributed by atoms with Crippen molar-refractivity contribution in [2.45, 2.75) is 84.7 Å². The van der Waals surface area contributed by atoms with Crippen LogP contribution in [0.5, 0.6) is 5.75 Å². The van der Waals surface area contributed by atoms with E-state index < -0.39 is 29.7 Å². The van der Waals surface area contributed by atoms with Gasteiger partial charge in [-0.15, -0.1) is 0 Å². The van der Waals surface area contributed by atoms with Crippen LogP contribution in [0.15, 0.2) is 40.9 Å². The van der Waals surface area contributed by atoms with Crippen LogP contribution < -0.4 is 15.4 Å². The summed E-state index contributed by atoms with van der Waals surface area (Å²) >= 11 is 0. The smallest absolute Gasteiger partial charge is 0.266 e. The molecule has 1 saturated heterocycles. The second kappa shape index (κ2) is 18.9. The lowest BCUT2D eigenvalue weighted by Gasteiger charge is -2.27. The van der Waals surface area contributed by atoms with Gasteiger partial charge in [-0.05, 0) is 88.8 Å². The monoisotopic (exact) mass is 901 g/mol. The summed E-state index contributed by atoms with van der Waals surface area (Å²) in [4.78, 5) is 77.9. The average molecular weight is 902 g/mol. The van der Waals surface area contributed by atoms with Crippen molar-refractivity contribution < 1.29 is 47.4 Å². The summed E-state index contributed by atoms with van der Waals surface area (Å²) < 4.78 is 30.2. The lowest BCUT2D eigenvalue weighted by Crippen LogP contribution is -2.54. The van der Waals surface area contributed by atoms with Gasteiger partial charge in [0, 0.05) is 54.4 Å². The predicted octanol–water partition coefficient (Wildman–Crippen LogP) is 6.02. The van der Waals surface area contributed by atoms with Gasteiger partial charge in [0.1, 0.15) is 41.4 Å². The molecule has 1 atom stereocenters. The highest BCUT2D eigenvalue weighted by atomic mass is 16.6. The molecule has 1 unspecified atom stereocenters. The zero-order chi connectivity index (χ0) is 46.1. The number of H-pyrrole nitrogens is 1. The van der Waals surface area contributed by atoms with E-state index in [0.717, 1.165) is 73.7 Å². The molecule has 4 aromatic heterocycles. The van der Waals surface area contributed by atoms with Gasteiger partial charge < -0.3 is 33.8 Å². The third kappa shape index (κ3) is 8.92. The third-order valence-corrected chi connectivity index (χ3v) is 12.0. The molecule has 0 radical (unpaired) electrons. The van der Waals surface area contributed by atoms with Crippen LogP contribution in [0, 0.1) is 20.8 Å². The predicted molar refractivity (Wildman–Crippen MR) is 239 cm³/mol. The van der Waals surface area contributed by atoms with Crippen molar-refractivity contribution in [1.82, 2.24) is 40.1 Å². The van der Waals surface area contributed by atoms with Crippen molar-refractivity contribution >= 4 is 63.0 Å². The van der Waals surface area contributed by atoms with E-state index in [1.807, 2.05) is 25.5 Å². The molecule has 2 aliphatic heterocycles. The molecule has 6 heterocycles. The molecule has 3 N–H and O–H groups in total. The number of benzene rings is 2. The standard InChI is InChI=1S/C47H51N9O10/c1-5-55-37(24-32(53-55)28-11-12-28)49-44-41-31-22-25(2)30(39-26(3)54-66-27(39)4)23-33(31)48-43(41)51-42(52-44)35(57)9-7-15-62-16-17-63-18-19-64-20-21-65-36-10-6-8-29-40(36)47(61)56(46(29)60)34-13-14-38(58)50-45(34)59/h6,8,10,22-24,28,34H,5,7,9,11-21H2,1-4H3,(H,50,58,59)(H2,48,49,51,52). The maximum absolute atomic E-state index is 13.6. The van der Waals surface area contributed by atoms with Gasteiger partial charge in [0.15, 0.2) is 11.6 Å². The molecule has 2 aromatic carbocycles. The molecule has 19 heteroatoms. The first kappa shape index (κ1) is 44.4. The van der Waals surface area contributed by atoms with Crippen molar-refractivity contribution in [3.05, 3.63) is 76.1 Å². The van der Waals surface area contributed by atoms with E-state index in [9.17, 15) is 24.0 Å². The van der Waals surface area contributed by atoms with Crippen molar-refractivity contribution in [2.24, 2.45) is 0 Å². The van der Waals surface area contributed by atoms with Gasteiger partial charge in [-0.25, -0.2) is 14.6 Å². The van der Waals surface area contributed by atoms with Crippen LogP contribution in [0.4, 0.5) is 11.6 Å². The number of aromatic nitrogens is 6. The van der Waals surface area contributed by atoms with Crippen LogP contribution in [0.25, 0.3) is 33.1 Å². The molecule has 4 amide bonds. The molecule has 6 aromatic rings. The van der Waals surface area contributed by atoms with Crippen LogP contribution in [0.1, 0.15) is 105 Å². The van der Waals surface area contributed by atoms with E-state index in [2.05, 4.69) is 45.9 Å². The number of fused-ring (bicyclic) bond motifs is 4. The number of amides is 4. The minimum atomic E-state index is -1.06. The fourth-order valence-corrected chi connectivity index (χ4v) is 8.59. The molecule has 1 saturated carbocycles. The Morgan fingerprint density at radius 1 is 0.879 bits per heavy atom. The number of carbonyl (C=O) groups excluding carboxylic acids is 5. The fraction of sp³-hybridized carbons (Fsp3) is 0.426. The summed E-state index contributed by atoms with van der Waals surface area (Å²) in [5, 5.41) is 16.4. The minimum absolute atomic E-state index is 0.0366. The molecule has 0 spiro atoms. The molecule has 2 fully saturated rings. The molecule has 19 nitrogen and oxygen atoms in total. The Bertz CT molecular complexity index is 2860. The first-order valence-corrected chi connectivity index (χ1v) is 22.4. The van der Waals surface area contributed by atoms with Crippen LogP contribution >= 0.6 is 0 Å². The molecular formula is C47H51N9O10. The normalized spacial score (nSPS) is 16.2. The quantitative estimate of drug-likeness (QED) is 0.0426. The Labute approximate surface area is 378 Å². The SMILES string of the molecule is CCn1nc(C2CC2)cc1Nc1nc(C(=O)CCCOCCOCCOCCOc2cccc3c2C(=O)N(C2CCC(=O)NC2=O)C3=O)nc2[nH]c3cc(-c4c(C)noc4C)c(C)cc3c12. The first-order chi connectivity index (χ1) is 32.0. The van der Waals surface area contributed by atoms with Gasteiger partial charge in [0.2, 0.25) is 11.8 Å². The van der Waals surface area contributed by atoms with E-state index in [4.69, 9.17) is 38.5 Å². The Morgan fingerprint density at radius 2 is 1.64 bits per heavy atom. The van der Waals surface area contributed by atoms with Crippen LogP contribution in [-0.4, -0.2) is 116 Å². The van der Waals surface area contributed by atoms with Gasteiger partial charge in [0.05, 0.1) is 60.9 Å². The maximum Gasteiger partial charge on any atom is 0.266 e. The number of hydrogen-bond acceptors (Lipinski definition) is 15. The number of ketones is 1. The van der Waals surface area contributed by atoms with Crippen molar-refractivity contribution in [3.63, 3.8) is 0 Å². The number of anilines is 2. The van der Waals surface area contributed by atoms with Crippen LogP contribution in [0.2, 0.25) is 0 Å². The molecule has 1 aliphatic carbocycles. The summed E-state index contributed by atoms with van der Waals surface area (Å²) in [5.41, 5.74) is 6.47. The number of imide groups is 2. The Kier molecular flexibility index (Phi) is 12.7. The largest absolute Gasteiger partial charge is 0.490 e. The van der Waals surface area contributed by atoms with Crippen molar-refractivity contribution in [1.29, 1.82) is 0 Å². The Hall–Kier alpha value is -6.83. The zero-order valence-electron chi connectivity index (χ0n) is 37.3. The Balaban J connectivity index is 0.741. The summed E-state index contributed by atoms with van der Waals surface area (Å²) in [5.74, 6) is 0.290. The molecule has 344 valence electrons. The number of piperidine rings is 1. The number of Topliss-reactive ketones (excluding diaryl/α,β-unsaturated/α-hetero) is 1. The van der Waals surface area contributed by atoms with E-state index in [1.165, 1.54) is 6.07 Å². The van der Waals surface area contributed by atoms with Gasteiger partial charge in [0.25, 0.3) is 11.8 Å². The van der Waals surface area contributed by atoms with E-state index in [-0.39, 0.29) is 67.6 Å². The first-order valence-electron chi connectivity index (χ1n) is 22.4.